The fourth-order valence-corrected chi connectivity index (χ4v) is 1.70. The molecule has 1 unspecified atom stereocenters. The molecule has 2 aromatic rings. The zero-order valence-electron chi connectivity index (χ0n) is 11.9. The van der Waals surface area contributed by atoms with Crippen LogP contribution in [-0.4, -0.2) is 22.2 Å². The Kier molecular flexibility index (Phi) is 4.89. The number of pyridine rings is 1. The van der Waals surface area contributed by atoms with Crippen LogP contribution in [0.4, 0.5) is 0 Å². The molecule has 5 heteroatoms. The fraction of sp³-hybridized carbons (Fsp3) is 0.118. The number of nitrogens with zero attached hydrogens (tertiary/aromatic N) is 2. The molecular weight excluding hydrogens is 280 g/mol. The standard InChI is InChI=1S/C17H14N2O3/c1-12(17(20)21)22-16-4-2-3-13(9-16)5-7-15-8-6-14(10-18)11-19-15/h2-9,11-12H,1H3,(H,20,21)/b7-5+. The summed E-state index contributed by atoms with van der Waals surface area (Å²) in [7, 11) is 0. The van der Waals surface area contributed by atoms with Crippen molar-refractivity contribution >= 4 is 18.1 Å². The lowest BCUT2D eigenvalue weighted by atomic mass is 10.2. The van der Waals surface area contributed by atoms with Crippen LogP contribution in [0.5, 0.6) is 5.75 Å². The maximum absolute atomic E-state index is 10.8. The summed E-state index contributed by atoms with van der Waals surface area (Å²) >= 11 is 0. The second-order valence-electron chi connectivity index (χ2n) is 4.59. The molecule has 5 nitrogen and oxygen atoms in total. The maximum atomic E-state index is 10.8. The number of carbonyl (C=O) groups is 1. The molecule has 1 heterocycles. The second kappa shape index (κ2) is 7.04. The number of carboxylic acids is 1. The molecule has 0 aliphatic heterocycles. The molecular formula is C17H14N2O3. The van der Waals surface area contributed by atoms with Crippen molar-refractivity contribution in [2.75, 3.05) is 0 Å². The van der Waals surface area contributed by atoms with Crippen molar-refractivity contribution in [1.82, 2.24) is 4.98 Å². The van der Waals surface area contributed by atoms with Gasteiger partial charge < -0.3 is 9.84 Å². The number of ether oxygens (including phenoxy) is 1. The molecule has 2 rings (SSSR count). The van der Waals surface area contributed by atoms with Gasteiger partial charge in [0.25, 0.3) is 0 Å². The zero-order valence-corrected chi connectivity index (χ0v) is 11.9. The summed E-state index contributed by atoms with van der Waals surface area (Å²) in [6.45, 7) is 1.48. The number of nitriles is 1. The Bertz CT molecular complexity index is 730. The quantitative estimate of drug-likeness (QED) is 0.916. The zero-order chi connectivity index (χ0) is 15.9. The SMILES string of the molecule is CC(Oc1cccc(/C=C/c2ccc(C#N)cn2)c1)C(=O)O. The van der Waals surface area contributed by atoms with Gasteiger partial charge in [-0.3, -0.25) is 4.98 Å². The van der Waals surface area contributed by atoms with Gasteiger partial charge in [0.2, 0.25) is 0 Å². The number of hydrogen-bond donors (Lipinski definition) is 1. The van der Waals surface area contributed by atoms with Crippen LogP contribution in [0, 0.1) is 11.3 Å². The number of aromatic nitrogens is 1. The Morgan fingerprint density at radius 1 is 1.36 bits per heavy atom. The van der Waals surface area contributed by atoms with Gasteiger partial charge in [0.05, 0.1) is 11.3 Å². The highest BCUT2D eigenvalue weighted by atomic mass is 16.5. The number of rotatable bonds is 5. The Hall–Kier alpha value is -3.13. The topological polar surface area (TPSA) is 83.2 Å². The van der Waals surface area contributed by atoms with Gasteiger partial charge in [-0.2, -0.15) is 5.26 Å². The van der Waals surface area contributed by atoms with Crippen LogP contribution in [0.2, 0.25) is 0 Å². The lowest BCUT2D eigenvalue weighted by molar-refractivity contribution is -0.144. The summed E-state index contributed by atoms with van der Waals surface area (Å²) in [5.41, 5.74) is 2.10. The first-order valence-corrected chi connectivity index (χ1v) is 6.62. The van der Waals surface area contributed by atoms with Crippen LogP contribution in [0.1, 0.15) is 23.7 Å². The summed E-state index contributed by atoms with van der Waals surface area (Å²) < 4.78 is 5.31. The largest absolute Gasteiger partial charge is 0.479 e. The van der Waals surface area contributed by atoms with Crippen LogP contribution in [0.15, 0.2) is 42.6 Å². The highest BCUT2D eigenvalue weighted by Gasteiger charge is 2.11. The van der Waals surface area contributed by atoms with E-state index in [4.69, 9.17) is 15.1 Å². The van der Waals surface area contributed by atoms with E-state index in [1.807, 2.05) is 18.2 Å². The molecule has 0 saturated carbocycles. The molecule has 0 amide bonds. The Balaban J connectivity index is 2.10. The predicted molar refractivity (Wildman–Crippen MR) is 82.0 cm³/mol. The third-order valence-corrected chi connectivity index (χ3v) is 2.88. The molecule has 0 aliphatic carbocycles. The number of benzene rings is 1. The van der Waals surface area contributed by atoms with E-state index in [0.717, 1.165) is 11.3 Å². The molecule has 0 saturated heterocycles. The smallest absolute Gasteiger partial charge is 0.344 e. The highest BCUT2D eigenvalue weighted by Crippen LogP contribution is 2.17. The second-order valence-corrected chi connectivity index (χ2v) is 4.59. The first kappa shape index (κ1) is 15.3. The highest BCUT2D eigenvalue weighted by molar-refractivity contribution is 5.72. The van der Waals surface area contributed by atoms with Crippen molar-refractivity contribution < 1.29 is 14.6 Å². The minimum Gasteiger partial charge on any atom is -0.479 e. The molecule has 0 bridgehead atoms. The van der Waals surface area contributed by atoms with E-state index in [2.05, 4.69) is 4.98 Å². The third kappa shape index (κ3) is 4.18. The average molecular weight is 294 g/mol. The van der Waals surface area contributed by atoms with E-state index in [1.54, 1.807) is 36.4 Å². The van der Waals surface area contributed by atoms with E-state index in [1.165, 1.54) is 13.1 Å². The average Bonchev–Trinajstić information content (AvgIpc) is 2.53. The summed E-state index contributed by atoms with van der Waals surface area (Å²) in [4.78, 5) is 14.9. The van der Waals surface area contributed by atoms with Crippen molar-refractivity contribution in [1.29, 1.82) is 5.26 Å². The number of carboxylic acid groups (broad SMARTS) is 1. The number of hydrogen-bond acceptors (Lipinski definition) is 4. The lowest BCUT2D eigenvalue weighted by Crippen LogP contribution is -2.22. The summed E-state index contributed by atoms with van der Waals surface area (Å²) in [5.74, 6) is -0.521. The van der Waals surface area contributed by atoms with Gasteiger partial charge >= 0.3 is 5.97 Å². The molecule has 0 spiro atoms. The van der Waals surface area contributed by atoms with Crippen LogP contribution in [0.3, 0.4) is 0 Å². The number of aliphatic carboxylic acids is 1. The van der Waals surface area contributed by atoms with Gasteiger partial charge in [0.15, 0.2) is 6.10 Å². The lowest BCUT2D eigenvalue weighted by Gasteiger charge is -2.10. The van der Waals surface area contributed by atoms with E-state index in [-0.39, 0.29) is 0 Å². The first-order valence-electron chi connectivity index (χ1n) is 6.62. The van der Waals surface area contributed by atoms with Gasteiger partial charge in [-0.25, -0.2) is 4.79 Å². The fourth-order valence-electron chi connectivity index (χ4n) is 1.70. The Morgan fingerprint density at radius 3 is 2.82 bits per heavy atom. The van der Waals surface area contributed by atoms with Crippen molar-refractivity contribution in [3.05, 3.63) is 59.4 Å². The van der Waals surface area contributed by atoms with Crippen LogP contribution < -0.4 is 4.74 Å². The summed E-state index contributed by atoms with van der Waals surface area (Å²) in [6, 6.07) is 12.6. The minimum atomic E-state index is -1.01. The van der Waals surface area contributed by atoms with E-state index in [9.17, 15) is 4.79 Å². The van der Waals surface area contributed by atoms with Crippen LogP contribution in [0.25, 0.3) is 12.2 Å². The van der Waals surface area contributed by atoms with Gasteiger partial charge in [0.1, 0.15) is 11.8 Å². The van der Waals surface area contributed by atoms with Crippen molar-refractivity contribution in [3.63, 3.8) is 0 Å². The van der Waals surface area contributed by atoms with Gasteiger partial charge in [-0.05, 0) is 42.8 Å². The maximum Gasteiger partial charge on any atom is 0.344 e. The normalized spacial score (nSPS) is 11.8. The third-order valence-electron chi connectivity index (χ3n) is 2.88. The van der Waals surface area contributed by atoms with Crippen LogP contribution >= 0.6 is 0 Å². The molecule has 1 aromatic heterocycles. The Labute approximate surface area is 128 Å². The molecule has 0 fully saturated rings. The van der Waals surface area contributed by atoms with Crippen molar-refractivity contribution in [3.8, 4) is 11.8 Å². The van der Waals surface area contributed by atoms with Gasteiger partial charge in [-0.1, -0.05) is 18.2 Å². The molecule has 1 N–H and O–H groups in total. The Morgan fingerprint density at radius 2 is 2.18 bits per heavy atom. The molecule has 110 valence electrons. The predicted octanol–water partition coefficient (Wildman–Crippen LogP) is 2.98. The van der Waals surface area contributed by atoms with Crippen LogP contribution in [-0.2, 0) is 4.79 Å². The minimum absolute atomic E-state index is 0.491. The van der Waals surface area contributed by atoms with Crippen molar-refractivity contribution in [2.45, 2.75) is 13.0 Å². The first-order chi connectivity index (χ1) is 10.6. The van der Waals surface area contributed by atoms with Crippen molar-refractivity contribution in [2.24, 2.45) is 0 Å². The van der Waals surface area contributed by atoms with E-state index >= 15 is 0 Å². The van der Waals surface area contributed by atoms with Gasteiger partial charge in [-0.15, -0.1) is 0 Å². The summed E-state index contributed by atoms with van der Waals surface area (Å²) in [6.07, 6.45) is 4.25. The van der Waals surface area contributed by atoms with E-state index < -0.39 is 12.1 Å². The van der Waals surface area contributed by atoms with E-state index in [0.29, 0.717) is 11.3 Å². The molecule has 22 heavy (non-hydrogen) atoms. The molecule has 0 radical (unpaired) electrons. The molecule has 0 aliphatic rings. The molecule has 1 atom stereocenters. The monoisotopic (exact) mass is 294 g/mol. The summed E-state index contributed by atoms with van der Waals surface area (Å²) in [5, 5.41) is 17.6. The van der Waals surface area contributed by atoms with Gasteiger partial charge in [0, 0.05) is 6.20 Å². The molecule has 1 aromatic carbocycles.